The summed E-state index contributed by atoms with van der Waals surface area (Å²) in [4.78, 5) is 37.2. The molecular formula is C17H18INO6S. The number of ether oxygens (including phenoxy) is 3. The van der Waals surface area contributed by atoms with E-state index in [4.69, 9.17) is 9.47 Å². The number of benzene rings is 1. The number of hydrogen-bond acceptors (Lipinski definition) is 7. The van der Waals surface area contributed by atoms with Crippen LogP contribution in [0.1, 0.15) is 19.4 Å². The summed E-state index contributed by atoms with van der Waals surface area (Å²) in [5.74, 6) is 0.00496. The molecule has 0 N–H and O–H groups in total. The third-order valence-electron chi connectivity index (χ3n) is 3.45. The molecule has 26 heavy (non-hydrogen) atoms. The smallest absolute Gasteiger partial charge is 0.343 e. The van der Waals surface area contributed by atoms with Crippen LogP contribution in [0, 0.1) is 3.57 Å². The normalized spacial score (nSPS) is 15.8. The molecule has 1 aliphatic heterocycles. The van der Waals surface area contributed by atoms with E-state index in [2.05, 4.69) is 4.74 Å². The molecule has 1 aliphatic rings. The first kappa shape index (κ1) is 20.6. The van der Waals surface area contributed by atoms with Crippen molar-refractivity contribution in [1.82, 2.24) is 4.90 Å². The van der Waals surface area contributed by atoms with E-state index in [1.54, 1.807) is 32.1 Å². The first-order valence-electron chi connectivity index (χ1n) is 7.62. The first-order valence-corrected chi connectivity index (χ1v) is 9.52. The van der Waals surface area contributed by atoms with Gasteiger partial charge in [-0.15, -0.1) is 0 Å². The molecule has 0 saturated carbocycles. The average molecular weight is 491 g/mol. The molecule has 1 heterocycles. The predicted octanol–water partition coefficient (Wildman–Crippen LogP) is 3.30. The molecule has 9 heteroatoms. The highest BCUT2D eigenvalue weighted by atomic mass is 127. The molecular weight excluding hydrogens is 473 g/mol. The second kappa shape index (κ2) is 8.76. The molecule has 0 aliphatic carbocycles. The second-order valence-electron chi connectivity index (χ2n) is 5.54. The number of amides is 2. The van der Waals surface area contributed by atoms with Crippen molar-refractivity contribution in [2.75, 3.05) is 20.8 Å². The topological polar surface area (TPSA) is 82.1 Å². The predicted molar refractivity (Wildman–Crippen MR) is 106 cm³/mol. The Hall–Kier alpha value is -1.75. The molecule has 140 valence electrons. The van der Waals surface area contributed by atoms with Gasteiger partial charge in [-0.3, -0.25) is 14.5 Å². The van der Waals surface area contributed by atoms with Gasteiger partial charge in [0.15, 0.2) is 18.1 Å². The van der Waals surface area contributed by atoms with Crippen LogP contribution in [0.4, 0.5) is 4.79 Å². The van der Waals surface area contributed by atoms with Gasteiger partial charge in [-0.05, 0) is 72.0 Å². The number of esters is 1. The summed E-state index contributed by atoms with van der Waals surface area (Å²) in [7, 11) is 2.76. The molecule has 1 saturated heterocycles. The number of carbonyl (C=O) groups excluding carboxylic acids is 3. The van der Waals surface area contributed by atoms with Crippen LogP contribution >= 0.6 is 34.4 Å². The van der Waals surface area contributed by atoms with Crippen LogP contribution in [-0.2, 0) is 14.3 Å². The summed E-state index contributed by atoms with van der Waals surface area (Å²) < 4.78 is 16.0. The van der Waals surface area contributed by atoms with Gasteiger partial charge in [0.05, 0.1) is 22.7 Å². The zero-order chi connectivity index (χ0) is 19.4. The van der Waals surface area contributed by atoms with Gasteiger partial charge in [-0.25, -0.2) is 4.79 Å². The zero-order valence-electron chi connectivity index (χ0n) is 14.7. The molecule has 2 amide bonds. The van der Waals surface area contributed by atoms with Crippen molar-refractivity contribution in [2.24, 2.45) is 0 Å². The Morgan fingerprint density at radius 3 is 2.54 bits per heavy atom. The Kier molecular flexibility index (Phi) is 6.93. The molecule has 0 radical (unpaired) electrons. The Labute approximate surface area is 169 Å². The second-order valence-corrected chi connectivity index (χ2v) is 7.70. The van der Waals surface area contributed by atoms with Gasteiger partial charge in [0, 0.05) is 6.04 Å². The van der Waals surface area contributed by atoms with Crippen LogP contribution in [0.2, 0.25) is 0 Å². The lowest BCUT2D eigenvalue weighted by Gasteiger charge is -2.16. The van der Waals surface area contributed by atoms with E-state index in [1.165, 1.54) is 19.1 Å². The van der Waals surface area contributed by atoms with Gasteiger partial charge in [0.1, 0.15) is 0 Å². The maximum absolute atomic E-state index is 12.4. The number of rotatable bonds is 6. The number of halogens is 1. The number of nitrogens with zero attached hydrogens (tertiary/aromatic N) is 1. The SMILES string of the molecule is COC(=O)COc1c(I)cc(/C=C2/SC(=O)N(C(C)C)C2=O)cc1OC. The fraction of sp³-hybridized carbons (Fsp3) is 0.353. The summed E-state index contributed by atoms with van der Waals surface area (Å²) in [6, 6.07) is 3.26. The molecule has 0 unspecified atom stereocenters. The summed E-state index contributed by atoms with van der Waals surface area (Å²) in [6.45, 7) is 3.34. The quantitative estimate of drug-likeness (QED) is 0.343. The summed E-state index contributed by atoms with van der Waals surface area (Å²) in [6.07, 6.45) is 1.64. The third-order valence-corrected chi connectivity index (χ3v) is 5.14. The summed E-state index contributed by atoms with van der Waals surface area (Å²) in [5.41, 5.74) is 0.686. The van der Waals surface area contributed by atoms with Crippen LogP contribution < -0.4 is 9.47 Å². The van der Waals surface area contributed by atoms with Gasteiger partial charge < -0.3 is 14.2 Å². The largest absolute Gasteiger partial charge is 0.493 e. The van der Waals surface area contributed by atoms with E-state index in [0.29, 0.717) is 25.5 Å². The Morgan fingerprint density at radius 1 is 1.31 bits per heavy atom. The minimum atomic E-state index is -0.505. The molecule has 1 fully saturated rings. The number of hydrogen-bond donors (Lipinski definition) is 0. The van der Waals surface area contributed by atoms with E-state index in [9.17, 15) is 14.4 Å². The van der Waals surface area contributed by atoms with Crippen LogP contribution in [-0.4, -0.2) is 48.9 Å². The van der Waals surface area contributed by atoms with Crippen LogP contribution in [0.5, 0.6) is 11.5 Å². The van der Waals surface area contributed by atoms with Crippen LogP contribution in [0.25, 0.3) is 6.08 Å². The minimum absolute atomic E-state index is 0.197. The lowest BCUT2D eigenvalue weighted by atomic mass is 10.1. The standard InChI is InChI=1S/C17H18INO6S/c1-9(2)19-16(21)13(26-17(19)22)7-10-5-11(18)15(12(6-10)23-3)25-8-14(20)24-4/h5-7,9H,8H2,1-4H3/b13-7+. The lowest BCUT2D eigenvalue weighted by molar-refractivity contribution is -0.143. The van der Waals surface area contributed by atoms with E-state index in [1.807, 2.05) is 22.6 Å². The highest BCUT2D eigenvalue weighted by Gasteiger charge is 2.36. The van der Waals surface area contributed by atoms with Crippen molar-refractivity contribution in [1.29, 1.82) is 0 Å². The first-order chi connectivity index (χ1) is 12.3. The Balaban J connectivity index is 2.31. The van der Waals surface area contributed by atoms with Crippen molar-refractivity contribution in [3.63, 3.8) is 0 Å². The van der Waals surface area contributed by atoms with Crippen molar-refractivity contribution in [2.45, 2.75) is 19.9 Å². The molecule has 0 spiro atoms. The zero-order valence-corrected chi connectivity index (χ0v) is 17.7. The maximum Gasteiger partial charge on any atom is 0.343 e. The molecule has 2 rings (SSSR count). The minimum Gasteiger partial charge on any atom is -0.493 e. The fourth-order valence-electron chi connectivity index (χ4n) is 2.23. The lowest BCUT2D eigenvalue weighted by Crippen LogP contribution is -2.34. The van der Waals surface area contributed by atoms with Gasteiger partial charge in [-0.1, -0.05) is 0 Å². The van der Waals surface area contributed by atoms with Crippen molar-refractivity contribution >= 4 is 57.5 Å². The number of thioether (sulfide) groups is 1. The number of methoxy groups -OCH3 is 2. The van der Waals surface area contributed by atoms with E-state index < -0.39 is 5.97 Å². The van der Waals surface area contributed by atoms with Crippen LogP contribution in [0.3, 0.4) is 0 Å². The van der Waals surface area contributed by atoms with Gasteiger partial charge in [0.2, 0.25) is 0 Å². The van der Waals surface area contributed by atoms with E-state index in [0.717, 1.165) is 11.8 Å². The number of imide groups is 1. The molecule has 1 aromatic carbocycles. The fourth-order valence-corrected chi connectivity index (χ4v) is 3.97. The maximum atomic E-state index is 12.4. The summed E-state index contributed by atoms with van der Waals surface area (Å²) >= 11 is 2.96. The van der Waals surface area contributed by atoms with Crippen molar-refractivity contribution in [3.8, 4) is 11.5 Å². The van der Waals surface area contributed by atoms with Gasteiger partial charge in [-0.2, -0.15) is 0 Å². The molecule has 0 aromatic heterocycles. The highest BCUT2D eigenvalue weighted by molar-refractivity contribution is 14.1. The van der Waals surface area contributed by atoms with E-state index in [-0.39, 0.29) is 23.8 Å². The summed E-state index contributed by atoms with van der Waals surface area (Å²) in [5, 5.41) is -0.282. The molecule has 7 nitrogen and oxygen atoms in total. The van der Waals surface area contributed by atoms with Crippen LogP contribution in [0.15, 0.2) is 17.0 Å². The molecule has 1 aromatic rings. The Morgan fingerprint density at radius 2 is 2.00 bits per heavy atom. The third kappa shape index (κ3) is 4.50. The van der Waals surface area contributed by atoms with Gasteiger partial charge in [0.25, 0.3) is 11.1 Å². The van der Waals surface area contributed by atoms with E-state index >= 15 is 0 Å². The number of carbonyl (C=O) groups is 3. The average Bonchev–Trinajstić information content (AvgIpc) is 2.86. The van der Waals surface area contributed by atoms with Gasteiger partial charge >= 0.3 is 5.97 Å². The van der Waals surface area contributed by atoms with Crippen molar-refractivity contribution < 1.29 is 28.6 Å². The van der Waals surface area contributed by atoms with Crippen molar-refractivity contribution in [3.05, 3.63) is 26.2 Å². The highest BCUT2D eigenvalue weighted by Crippen LogP contribution is 2.37. The molecule has 0 atom stereocenters. The monoisotopic (exact) mass is 491 g/mol. The molecule has 0 bridgehead atoms. The Bertz CT molecular complexity index is 777.